The number of ether oxygens (including phenoxy) is 3. The first-order valence-corrected chi connectivity index (χ1v) is 33.1. The molecule has 0 heterocycles. The second kappa shape index (κ2) is 63.9. The first-order valence-electron chi connectivity index (χ1n) is 33.1. The van der Waals surface area contributed by atoms with Crippen molar-refractivity contribution < 1.29 is 28.6 Å². The van der Waals surface area contributed by atoms with Crippen molar-refractivity contribution in [3.05, 3.63) is 48.6 Å². The van der Waals surface area contributed by atoms with E-state index in [0.717, 1.165) is 96.3 Å². The fraction of sp³-hybridized carbons (Fsp3) is 0.841. The molecule has 6 heteroatoms. The maximum absolute atomic E-state index is 12.9. The van der Waals surface area contributed by atoms with E-state index < -0.39 is 6.10 Å². The zero-order valence-electron chi connectivity index (χ0n) is 50.3. The summed E-state index contributed by atoms with van der Waals surface area (Å²) in [6.45, 7) is 6.54. The van der Waals surface area contributed by atoms with Gasteiger partial charge in [0, 0.05) is 19.3 Å². The van der Waals surface area contributed by atoms with Crippen molar-refractivity contribution in [3.8, 4) is 0 Å². The molecule has 1 unspecified atom stereocenters. The second-order valence-electron chi connectivity index (χ2n) is 22.4. The number of carbonyl (C=O) groups is 3. The average Bonchev–Trinajstić information content (AvgIpc) is 3.41. The molecule has 0 aliphatic rings. The number of allylic oxidation sites excluding steroid dienone is 8. The average molecular weight is 1050 g/mol. The molecule has 0 radical (unpaired) electrons. The van der Waals surface area contributed by atoms with Gasteiger partial charge in [-0.05, 0) is 77.0 Å². The number of unbranched alkanes of at least 4 members (excludes halogenated alkanes) is 42. The third-order valence-corrected chi connectivity index (χ3v) is 14.8. The van der Waals surface area contributed by atoms with Gasteiger partial charge in [-0.15, -0.1) is 0 Å². The third-order valence-electron chi connectivity index (χ3n) is 14.8. The van der Waals surface area contributed by atoms with E-state index >= 15 is 0 Å². The Morgan fingerprint density at radius 3 is 0.840 bits per heavy atom. The van der Waals surface area contributed by atoms with E-state index in [9.17, 15) is 14.4 Å². The summed E-state index contributed by atoms with van der Waals surface area (Å²) in [5, 5.41) is 0. The molecule has 0 bridgehead atoms. The molecule has 0 aromatic rings. The van der Waals surface area contributed by atoms with Crippen LogP contribution in [0.3, 0.4) is 0 Å². The van der Waals surface area contributed by atoms with Gasteiger partial charge in [0.25, 0.3) is 0 Å². The van der Waals surface area contributed by atoms with Gasteiger partial charge in [-0.25, -0.2) is 0 Å². The number of rotatable bonds is 61. The Kier molecular flexibility index (Phi) is 61.7. The van der Waals surface area contributed by atoms with Gasteiger partial charge in [0.1, 0.15) is 13.2 Å². The van der Waals surface area contributed by atoms with Gasteiger partial charge in [0.2, 0.25) is 0 Å². The molecule has 0 aliphatic heterocycles. The molecule has 0 saturated heterocycles. The standard InChI is InChI=1S/C69H126O6/c1-4-7-10-13-16-19-22-25-27-28-29-30-31-32-33-34-35-36-37-38-39-40-42-44-47-50-53-56-59-62-68(71)74-65-66(64-73-67(70)61-58-55-52-49-46-43-24-21-18-15-12-9-6-3)75-69(72)63-60-57-54-51-48-45-41-26-23-20-17-14-11-8-5-2/h9,12,18,21,26,41,43,46,66H,4-8,10-11,13-17,19-20,22-25,27-40,42,44-45,47-65H2,1-3H3/b12-9-,21-18-,41-26-,46-43-. The van der Waals surface area contributed by atoms with Gasteiger partial charge in [-0.3, -0.25) is 14.4 Å². The van der Waals surface area contributed by atoms with E-state index in [0.29, 0.717) is 19.3 Å². The first kappa shape index (κ1) is 72.4. The van der Waals surface area contributed by atoms with Crippen LogP contribution >= 0.6 is 0 Å². The molecule has 75 heavy (non-hydrogen) atoms. The highest BCUT2D eigenvalue weighted by Crippen LogP contribution is 2.18. The number of esters is 3. The van der Waals surface area contributed by atoms with Crippen molar-refractivity contribution in [1.82, 2.24) is 0 Å². The Bertz CT molecular complexity index is 1300. The summed E-state index contributed by atoms with van der Waals surface area (Å²) in [6.07, 6.45) is 80.1. The molecule has 0 saturated carbocycles. The van der Waals surface area contributed by atoms with Gasteiger partial charge < -0.3 is 14.2 Å². The lowest BCUT2D eigenvalue weighted by molar-refractivity contribution is -0.167. The Balaban J connectivity index is 4.16. The zero-order valence-corrected chi connectivity index (χ0v) is 50.3. The Morgan fingerprint density at radius 1 is 0.280 bits per heavy atom. The van der Waals surface area contributed by atoms with Crippen LogP contribution in [0.15, 0.2) is 48.6 Å². The van der Waals surface area contributed by atoms with E-state index in [2.05, 4.69) is 69.4 Å². The molecule has 6 nitrogen and oxygen atoms in total. The van der Waals surface area contributed by atoms with Crippen LogP contribution in [0.5, 0.6) is 0 Å². The van der Waals surface area contributed by atoms with E-state index in [1.54, 1.807) is 0 Å². The first-order chi connectivity index (χ1) is 37.0. The highest BCUT2D eigenvalue weighted by molar-refractivity contribution is 5.71. The van der Waals surface area contributed by atoms with Crippen molar-refractivity contribution in [2.75, 3.05) is 13.2 Å². The van der Waals surface area contributed by atoms with Crippen LogP contribution in [-0.2, 0) is 28.6 Å². The Hall–Kier alpha value is -2.63. The minimum atomic E-state index is -0.788. The van der Waals surface area contributed by atoms with E-state index in [1.165, 1.54) is 218 Å². The molecule has 0 spiro atoms. The van der Waals surface area contributed by atoms with Crippen LogP contribution < -0.4 is 0 Å². The predicted octanol–water partition coefficient (Wildman–Crippen LogP) is 22.6. The molecule has 0 N–H and O–H groups in total. The lowest BCUT2D eigenvalue weighted by Crippen LogP contribution is -2.30. The van der Waals surface area contributed by atoms with Crippen LogP contribution in [0.2, 0.25) is 0 Å². The summed E-state index contributed by atoms with van der Waals surface area (Å²) in [4.78, 5) is 38.2. The minimum Gasteiger partial charge on any atom is -0.462 e. The predicted molar refractivity (Wildman–Crippen MR) is 325 cm³/mol. The van der Waals surface area contributed by atoms with Crippen LogP contribution in [0.1, 0.15) is 355 Å². The van der Waals surface area contributed by atoms with Crippen molar-refractivity contribution in [2.45, 2.75) is 361 Å². The summed E-state index contributed by atoms with van der Waals surface area (Å²) in [5.41, 5.74) is 0. The van der Waals surface area contributed by atoms with E-state index in [4.69, 9.17) is 14.2 Å². The SMILES string of the molecule is CC/C=C\C/C=C\C/C=C\CCCCCC(=O)OCC(COC(=O)CCCCCCCCCCCCCCCCCCCCCCCCCCCCCCC)OC(=O)CCCCCCC/C=C\CCCCCCCC. The normalized spacial score (nSPS) is 12.3. The van der Waals surface area contributed by atoms with Gasteiger partial charge in [-0.2, -0.15) is 0 Å². The van der Waals surface area contributed by atoms with Crippen molar-refractivity contribution in [3.63, 3.8) is 0 Å². The largest absolute Gasteiger partial charge is 0.462 e. The highest BCUT2D eigenvalue weighted by atomic mass is 16.6. The van der Waals surface area contributed by atoms with Crippen LogP contribution in [-0.4, -0.2) is 37.2 Å². The fourth-order valence-electron chi connectivity index (χ4n) is 9.87. The number of hydrogen-bond donors (Lipinski definition) is 0. The lowest BCUT2D eigenvalue weighted by atomic mass is 10.0. The van der Waals surface area contributed by atoms with E-state index in [-0.39, 0.29) is 31.1 Å². The topological polar surface area (TPSA) is 78.9 Å². The monoisotopic (exact) mass is 1050 g/mol. The molecule has 0 fully saturated rings. The van der Waals surface area contributed by atoms with Crippen molar-refractivity contribution in [1.29, 1.82) is 0 Å². The smallest absolute Gasteiger partial charge is 0.306 e. The molecule has 0 aliphatic carbocycles. The maximum atomic E-state index is 12.9. The zero-order chi connectivity index (χ0) is 54.3. The van der Waals surface area contributed by atoms with Crippen LogP contribution in [0.25, 0.3) is 0 Å². The van der Waals surface area contributed by atoms with Gasteiger partial charge in [0.15, 0.2) is 6.10 Å². The lowest BCUT2D eigenvalue weighted by Gasteiger charge is -2.18. The van der Waals surface area contributed by atoms with Crippen LogP contribution in [0.4, 0.5) is 0 Å². The molecular weight excluding hydrogens is 925 g/mol. The summed E-state index contributed by atoms with van der Waals surface area (Å²) in [6, 6.07) is 0. The summed E-state index contributed by atoms with van der Waals surface area (Å²) >= 11 is 0. The molecule has 0 rings (SSSR count). The Labute approximate surface area is 467 Å². The van der Waals surface area contributed by atoms with Crippen LogP contribution in [0, 0.1) is 0 Å². The molecular formula is C69H126O6. The third kappa shape index (κ3) is 62.1. The number of hydrogen-bond acceptors (Lipinski definition) is 6. The molecule has 0 aromatic heterocycles. The summed E-state index contributed by atoms with van der Waals surface area (Å²) in [7, 11) is 0. The van der Waals surface area contributed by atoms with Gasteiger partial charge >= 0.3 is 17.9 Å². The highest BCUT2D eigenvalue weighted by Gasteiger charge is 2.19. The second-order valence-corrected chi connectivity index (χ2v) is 22.4. The van der Waals surface area contributed by atoms with Gasteiger partial charge in [-0.1, -0.05) is 307 Å². The Morgan fingerprint density at radius 2 is 0.520 bits per heavy atom. The van der Waals surface area contributed by atoms with E-state index in [1.807, 2.05) is 0 Å². The molecule has 0 aromatic carbocycles. The fourth-order valence-corrected chi connectivity index (χ4v) is 9.87. The summed E-state index contributed by atoms with van der Waals surface area (Å²) in [5.74, 6) is -0.903. The number of carbonyl (C=O) groups excluding carboxylic acids is 3. The van der Waals surface area contributed by atoms with Gasteiger partial charge in [0.05, 0.1) is 0 Å². The van der Waals surface area contributed by atoms with Crippen molar-refractivity contribution >= 4 is 17.9 Å². The molecule has 438 valence electrons. The molecule has 1 atom stereocenters. The maximum Gasteiger partial charge on any atom is 0.306 e. The molecule has 0 amide bonds. The summed E-state index contributed by atoms with van der Waals surface area (Å²) < 4.78 is 16.9. The van der Waals surface area contributed by atoms with Crippen molar-refractivity contribution in [2.24, 2.45) is 0 Å². The quantitative estimate of drug-likeness (QED) is 0.0261. The minimum absolute atomic E-state index is 0.0826.